The molecule has 0 bridgehead atoms. The first-order chi connectivity index (χ1) is 6.96. The van der Waals surface area contributed by atoms with Crippen LogP contribution in [-0.4, -0.2) is 35.0 Å². The zero-order chi connectivity index (χ0) is 11.1. The number of aromatic nitrogens is 2. The summed E-state index contributed by atoms with van der Waals surface area (Å²) in [5, 5.41) is 0. The molecule has 16 heavy (non-hydrogen) atoms. The Morgan fingerprint density at radius 2 is 2.00 bits per heavy atom. The number of pyridine rings is 1. The summed E-state index contributed by atoms with van der Waals surface area (Å²) >= 11 is 0. The molecule has 2 aromatic heterocycles. The van der Waals surface area contributed by atoms with E-state index in [0.29, 0.717) is 0 Å². The van der Waals surface area contributed by atoms with E-state index in [1.165, 1.54) is 12.3 Å². The fourth-order valence-electron chi connectivity index (χ4n) is 1.61. The molecule has 88 valence electrons. The highest BCUT2D eigenvalue weighted by Crippen LogP contribution is 2.11. The summed E-state index contributed by atoms with van der Waals surface area (Å²) in [6.07, 6.45) is 3.28. The van der Waals surface area contributed by atoms with Gasteiger partial charge in [-0.1, -0.05) is 0 Å². The number of nitrogens with zero attached hydrogens (tertiary/aromatic N) is 3. The predicted molar refractivity (Wildman–Crippen MR) is 56.9 cm³/mol. The van der Waals surface area contributed by atoms with Gasteiger partial charge in [-0.2, -0.15) is 0 Å². The first kappa shape index (κ1) is 13.4. The van der Waals surface area contributed by atoms with Crippen molar-refractivity contribution < 1.29 is 32.9 Å². The second-order valence-corrected chi connectivity index (χ2v) is 4.77. The lowest BCUT2D eigenvalue weighted by Crippen LogP contribution is -3.00. The standard InChI is InChI=1S/C11H15FN3.HI/c1-15(2,3)8-10-6-13-11-5-4-9(12)7-14(10)11;/h4-7H,8H2,1-3H3;1H/q+1;/p-1. The molecule has 2 rings (SSSR count). The van der Waals surface area contributed by atoms with E-state index >= 15 is 0 Å². The Morgan fingerprint density at radius 3 is 2.62 bits per heavy atom. The molecule has 0 aliphatic rings. The maximum absolute atomic E-state index is 13.1. The van der Waals surface area contributed by atoms with Crippen LogP contribution >= 0.6 is 0 Å². The molecule has 0 spiro atoms. The van der Waals surface area contributed by atoms with E-state index in [0.717, 1.165) is 22.4 Å². The Balaban J connectivity index is 0.00000128. The molecule has 0 saturated heterocycles. The molecule has 0 atom stereocenters. The lowest BCUT2D eigenvalue weighted by atomic mass is 10.4. The average Bonchev–Trinajstić information content (AvgIpc) is 2.46. The highest BCUT2D eigenvalue weighted by Gasteiger charge is 2.12. The summed E-state index contributed by atoms with van der Waals surface area (Å²) in [6.45, 7) is 0.824. The maximum Gasteiger partial charge on any atom is 0.139 e. The van der Waals surface area contributed by atoms with Crippen molar-refractivity contribution in [2.45, 2.75) is 6.54 Å². The molecular weight excluding hydrogens is 320 g/mol. The summed E-state index contributed by atoms with van der Waals surface area (Å²) in [6, 6.07) is 3.12. The van der Waals surface area contributed by atoms with Gasteiger partial charge >= 0.3 is 0 Å². The monoisotopic (exact) mass is 335 g/mol. The van der Waals surface area contributed by atoms with Crippen molar-refractivity contribution in [1.82, 2.24) is 9.38 Å². The van der Waals surface area contributed by atoms with Gasteiger partial charge in [0.05, 0.1) is 33.0 Å². The fraction of sp³-hybridized carbons (Fsp3) is 0.364. The van der Waals surface area contributed by atoms with E-state index in [4.69, 9.17) is 0 Å². The van der Waals surface area contributed by atoms with E-state index in [1.807, 2.05) is 0 Å². The average molecular weight is 335 g/mol. The van der Waals surface area contributed by atoms with Crippen LogP contribution in [-0.2, 0) is 6.54 Å². The lowest BCUT2D eigenvalue weighted by Gasteiger charge is -2.23. The van der Waals surface area contributed by atoms with Crippen molar-refractivity contribution in [3.8, 4) is 0 Å². The largest absolute Gasteiger partial charge is 1.00 e. The molecule has 2 aromatic rings. The third-order valence-electron chi connectivity index (χ3n) is 2.18. The molecule has 2 heterocycles. The summed E-state index contributed by atoms with van der Waals surface area (Å²) in [5.41, 5.74) is 1.82. The second-order valence-electron chi connectivity index (χ2n) is 4.77. The van der Waals surface area contributed by atoms with Gasteiger partial charge < -0.3 is 28.5 Å². The van der Waals surface area contributed by atoms with Crippen molar-refractivity contribution >= 4 is 5.65 Å². The van der Waals surface area contributed by atoms with Gasteiger partial charge in [-0.3, -0.25) is 4.40 Å². The summed E-state index contributed by atoms with van der Waals surface area (Å²) in [5.74, 6) is -0.233. The SMILES string of the molecule is C[N+](C)(C)Cc1cnc2ccc(F)cn12.[I-]. The molecule has 5 heteroatoms. The minimum atomic E-state index is -0.233. The summed E-state index contributed by atoms with van der Waals surface area (Å²) < 4.78 is 15.7. The van der Waals surface area contributed by atoms with Gasteiger partial charge in [0.2, 0.25) is 0 Å². The van der Waals surface area contributed by atoms with Gasteiger partial charge in [0.15, 0.2) is 0 Å². The zero-order valence-electron chi connectivity index (χ0n) is 9.61. The van der Waals surface area contributed by atoms with Gasteiger partial charge in [-0.15, -0.1) is 0 Å². The molecule has 0 N–H and O–H groups in total. The Bertz CT molecular complexity index is 487. The van der Waals surface area contributed by atoms with Crippen LogP contribution in [0.1, 0.15) is 5.69 Å². The first-order valence-corrected chi connectivity index (χ1v) is 4.88. The van der Waals surface area contributed by atoms with Gasteiger partial charge in [0.25, 0.3) is 0 Å². The van der Waals surface area contributed by atoms with Crippen LogP contribution in [0.4, 0.5) is 4.39 Å². The molecule has 0 saturated carbocycles. The highest BCUT2D eigenvalue weighted by atomic mass is 127. The Hall–Kier alpha value is -0.690. The highest BCUT2D eigenvalue weighted by molar-refractivity contribution is 5.39. The zero-order valence-corrected chi connectivity index (χ0v) is 11.8. The van der Waals surface area contributed by atoms with Gasteiger partial charge in [-0.05, 0) is 12.1 Å². The van der Waals surface area contributed by atoms with Crippen LogP contribution < -0.4 is 24.0 Å². The van der Waals surface area contributed by atoms with Crippen LogP contribution in [0.3, 0.4) is 0 Å². The number of imidazole rings is 1. The summed E-state index contributed by atoms with van der Waals surface area (Å²) in [4.78, 5) is 4.23. The van der Waals surface area contributed by atoms with Crippen molar-refractivity contribution in [1.29, 1.82) is 0 Å². The molecule has 0 radical (unpaired) electrons. The minimum Gasteiger partial charge on any atom is -1.00 e. The van der Waals surface area contributed by atoms with E-state index in [1.54, 1.807) is 16.7 Å². The number of halogens is 2. The number of rotatable bonds is 2. The Kier molecular flexibility index (Phi) is 3.90. The molecule has 0 unspecified atom stereocenters. The normalized spacial score (nSPS) is 11.5. The predicted octanol–water partition coefficient (Wildman–Crippen LogP) is -1.32. The lowest BCUT2D eigenvalue weighted by molar-refractivity contribution is -0.884. The molecule has 0 aliphatic carbocycles. The second kappa shape index (κ2) is 4.67. The molecule has 3 nitrogen and oxygen atoms in total. The van der Waals surface area contributed by atoms with E-state index in [-0.39, 0.29) is 29.8 Å². The third kappa shape index (κ3) is 2.91. The van der Waals surface area contributed by atoms with Gasteiger partial charge in [0.1, 0.15) is 18.0 Å². The first-order valence-electron chi connectivity index (χ1n) is 4.88. The van der Waals surface area contributed by atoms with E-state index in [2.05, 4.69) is 26.1 Å². The number of fused-ring (bicyclic) bond motifs is 1. The number of hydrogen-bond acceptors (Lipinski definition) is 1. The fourth-order valence-corrected chi connectivity index (χ4v) is 1.61. The van der Waals surface area contributed by atoms with Crippen LogP contribution in [0.25, 0.3) is 5.65 Å². The van der Waals surface area contributed by atoms with Crippen LogP contribution in [0, 0.1) is 5.82 Å². The Labute approximate surface area is 112 Å². The third-order valence-corrected chi connectivity index (χ3v) is 2.18. The van der Waals surface area contributed by atoms with Crippen molar-refractivity contribution in [2.24, 2.45) is 0 Å². The van der Waals surface area contributed by atoms with E-state index < -0.39 is 0 Å². The summed E-state index contributed by atoms with van der Waals surface area (Å²) in [7, 11) is 6.29. The molecule has 0 fully saturated rings. The quantitative estimate of drug-likeness (QED) is 0.492. The van der Waals surface area contributed by atoms with E-state index in [9.17, 15) is 4.39 Å². The van der Waals surface area contributed by atoms with Crippen LogP contribution in [0.15, 0.2) is 24.5 Å². The van der Waals surface area contributed by atoms with Crippen LogP contribution in [0.5, 0.6) is 0 Å². The molecule has 0 amide bonds. The van der Waals surface area contributed by atoms with Crippen molar-refractivity contribution in [2.75, 3.05) is 21.1 Å². The smallest absolute Gasteiger partial charge is 0.139 e. The van der Waals surface area contributed by atoms with Crippen LogP contribution in [0.2, 0.25) is 0 Å². The molecule has 0 aliphatic heterocycles. The molecular formula is C11H15FIN3. The maximum atomic E-state index is 13.1. The number of quaternary nitrogens is 1. The topological polar surface area (TPSA) is 17.3 Å². The Morgan fingerprint density at radius 1 is 1.31 bits per heavy atom. The van der Waals surface area contributed by atoms with Gasteiger partial charge in [0, 0.05) is 6.20 Å². The minimum absolute atomic E-state index is 0. The molecule has 0 aromatic carbocycles. The van der Waals surface area contributed by atoms with Crippen molar-refractivity contribution in [3.05, 3.63) is 36.0 Å². The number of hydrogen-bond donors (Lipinski definition) is 0. The van der Waals surface area contributed by atoms with Crippen molar-refractivity contribution in [3.63, 3.8) is 0 Å². The van der Waals surface area contributed by atoms with Gasteiger partial charge in [-0.25, -0.2) is 9.37 Å².